The van der Waals surface area contributed by atoms with Crippen LogP contribution in [0.4, 0.5) is 13.2 Å². The van der Waals surface area contributed by atoms with Gasteiger partial charge < -0.3 is 14.4 Å². The third-order valence-electron chi connectivity index (χ3n) is 5.87. The number of carbonyl (C=O) groups excluding carboxylic acids is 1. The fourth-order valence-electron chi connectivity index (χ4n) is 3.83. The van der Waals surface area contributed by atoms with Crippen LogP contribution >= 0.6 is 0 Å². The van der Waals surface area contributed by atoms with Gasteiger partial charge in [-0.1, -0.05) is 57.2 Å². The molecule has 0 aliphatic rings. The van der Waals surface area contributed by atoms with E-state index in [2.05, 4.69) is 6.92 Å². The maximum atomic E-state index is 13.0. The minimum atomic E-state index is -4.38. The molecule has 2 aromatic rings. The number of hydrogen-bond donors (Lipinski definition) is 0. The third-order valence-corrected chi connectivity index (χ3v) is 5.87. The summed E-state index contributed by atoms with van der Waals surface area (Å²) in [6, 6.07) is 10.7. The first-order valence-corrected chi connectivity index (χ1v) is 11.9. The lowest BCUT2D eigenvalue weighted by molar-refractivity contribution is -0.137. The van der Waals surface area contributed by atoms with E-state index in [-0.39, 0.29) is 12.5 Å². The molecule has 2 rings (SSSR count). The fourth-order valence-corrected chi connectivity index (χ4v) is 3.83. The van der Waals surface area contributed by atoms with Crippen molar-refractivity contribution < 1.29 is 27.4 Å². The van der Waals surface area contributed by atoms with Gasteiger partial charge in [0.25, 0.3) is 0 Å². The second-order valence-electron chi connectivity index (χ2n) is 8.47. The van der Waals surface area contributed by atoms with Crippen LogP contribution in [0.1, 0.15) is 68.6 Å². The summed E-state index contributed by atoms with van der Waals surface area (Å²) in [4.78, 5) is 14.8. The van der Waals surface area contributed by atoms with Gasteiger partial charge in [-0.05, 0) is 48.2 Å². The van der Waals surface area contributed by atoms with Crippen LogP contribution in [0.2, 0.25) is 0 Å². The van der Waals surface area contributed by atoms with Crippen LogP contribution in [-0.4, -0.2) is 31.6 Å². The standard InChI is InChI=1S/C27H36F3NO3/c1-4-5-6-7-8-9-10-26(32)31(20-22-11-14-23(15-12-22)27(28,29)30)18-17-21-13-16-24(33-2)25(19-21)34-3/h11-16,19H,4-10,17-18,20H2,1-3H3. The molecule has 0 bridgehead atoms. The molecule has 0 saturated heterocycles. The van der Waals surface area contributed by atoms with Gasteiger partial charge in [-0.25, -0.2) is 0 Å². The smallest absolute Gasteiger partial charge is 0.416 e. The highest BCUT2D eigenvalue weighted by atomic mass is 19.4. The third kappa shape index (κ3) is 8.92. The van der Waals surface area contributed by atoms with Crippen molar-refractivity contribution in [1.29, 1.82) is 0 Å². The monoisotopic (exact) mass is 479 g/mol. The molecule has 1 amide bonds. The molecule has 34 heavy (non-hydrogen) atoms. The van der Waals surface area contributed by atoms with Crippen LogP contribution < -0.4 is 9.47 Å². The van der Waals surface area contributed by atoms with Crippen molar-refractivity contribution in [2.24, 2.45) is 0 Å². The summed E-state index contributed by atoms with van der Waals surface area (Å²) in [6.07, 6.45) is 3.18. The first kappa shape index (κ1) is 27.5. The number of nitrogens with zero attached hydrogens (tertiary/aromatic N) is 1. The number of benzene rings is 2. The van der Waals surface area contributed by atoms with Gasteiger partial charge in [0.1, 0.15) is 0 Å². The first-order valence-electron chi connectivity index (χ1n) is 11.9. The molecule has 0 unspecified atom stereocenters. The van der Waals surface area contributed by atoms with Gasteiger partial charge >= 0.3 is 6.18 Å². The number of methoxy groups -OCH3 is 2. The van der Waals surface area contributed by atoms with Gasteiger partial charge in [-0.2, -0.15) is 13.2 Å². The van der Waals surface area contributed by atoms with Crippen LogP contribution in [0.15, 0.2) is 42.5 Å². The summed E-state index contributed by atoms with van der Waals surface area (Å²) < 4.78 is 49.3. The molecule has 0 fully saturated rings. The first-order chi connectivity index (χ1) is 16.3. The van der Waals surface area contributed by atoms with Gasteiger partial charge in [0.2, 0.25) is 5.91 Å². The summed E-state index contributed by atoms with van der Waals surface area (Å²) in [5, 5.41) is 0. The van der Waals surface area contributed by atoms with Crippen molar-refractivity contribution in [3.63, 3.8) is 0 Å². The van der Waals surface area contributed by atoms with E-state index >= 15 is 0 Å². The Kier molecular flexibility index (Phi) is 11.2. The topological polar surface area (TPSA) is 38.8 Å². The number of hydrogen-bond acceptors (Lipinski definition) is 3. The molecule has 7 heteroatoms. The quantitative estimate of drug-likeness (QED) is 0.273. The van der Waals surface area contributed by atoms with Crippen molar-refractivity contribution in [3.8, 4) is 11.5 Å². The Morgan fingerprint density at radius 1 is 0.853 bits per heavy atom. The second-order valence-corrected chi connectivity index (χ2v) is 8.47. The zero-order valence-electron chi connectivity index (χ0n) is 20.4. The Balaban J connectivity index is 2.06. The van der Waals surface area contributed by atoms with Crippen molar-refractivity contribution in [1.82, 2.24) is 4.90 Å². The zero-order valence-corrected chi connectivity index (χ0v) is 20.4. The fraction of sp³-hybridized carbons (Fsp3) is 0.519. The van der Waals surface area contributed by atoms with Gasteiger partial charge in [-0.15, -0.1) is 0 Å². The molecule has 0 saturated carbocycles. The minimum Gasteiger partial charge on any atom is -0.493 e. The molecule has 0 spiro atoms. The van der Waals surface area contributed by atoms with Crippen LogP contribution in [-0.2, 0) is 23.9 Å². The molecule has 0 atom stereocenters. The van der Waals surface area contributed by atoms with Gasteiger partial charge in [0.05, 0.1) is 19.8 Å². The molecule has 0 heterocycles. The minimum absolute atomic E-state index is 0.0240. The summed E-state index contributed by atoms with van der Waals surface area (Å²) in [6.45, 7) is 2.91. The van der Waals surface area contributed by atoms with Gasteiger partial charge in [-0.3, -0.25) is 4.79 Å². The van der Waals surface area contributed by atoms with E-state index in [1.807, 2.05) is 18.2 Å². The van der Waals surface area contributed by atoms with E-state index in [1.165, 1.54) is 31.4 Å². The molecule has 0 aliphatic heterocycles. The predicted molar refractivity (Wildman–Crippen MR) is 128 cm³/mol. The van der Waals surface area contributed by atoms with Crippen LogP contribution in [0.25, 0.3) is 0 Å². The molecule has 0 aromatic heterocycles. The molecule has 0 radical (unpaired) electrons. The summed E-state index contributed by atoms with van der Waals surface area (Å²) in [5.41, 5.74) is 0.977. The zero-order chi connectivity index (χ0) is 25.0. The van der Waals surface area contributed by atoms with E-state index in [1.54, 1.807) is 19.1 Å². The molecule has 4 nitrogen and oxygen atoms in total. The van der Waals surface area contributed by atoms with E-state index in [0.717, 1.165) is 37.0 Å². The van der Waals surface area contributed by atoms with Gasteiger partial charge in [0, 0.05) is 19.5 Å². The number of unbranched alkanes of at least 4 members (excludes halogenated alkanes) is 5. The lowest BCUT2D eigenvalue weighted by Crippen LogP contribution is -2.32. The Morgan fingerprint density at radius 2 is 1.47 bits per heavy atom. The van der Waals surface area contributed by atoms with Crippen molar-refractivity contribution in [3.05, 3.63) is 59.2 Å². The molecule has 0 aliphatic carbocycles. The molecule has 0 N–H and O–H groups in total. The van der Waals surface area contributed by atoms with E-state index in [0.29, 0.717) is 36.4 Å². The number of carbonyl (C=O) groups is 1. The maximum Gasteiger partial charge on any atom is 0.416 e. The number of halogens is 3. The average Bonchev–Trinajstić information content (AvgIpc) is 2.83. The highest BCUT2D eigenvalue weighted by molar-refractivity contribution is 5.76. The lowest BCUT2D eigenvalue weighted by Gasteiger charge is -2.24. The second kappa shape index (κ2) is 13.9. The predicted octanol–water partition coefficient (Wildman–Crippen LogP) is 7.04. The van der Waals surface area contributed by atoms with E-state index < -0.39 is 11.7 Å². The van der Waals surface area contributed by atoms with Gasteiger partial charge in [0.15, 0.2) is 11.5 Å². The Hall–Kier alpha value is -2.70. The Morgan fingerprint density at radius 3 is 2.09 bits per heavy atom. The van der Waals surface area contributed by atoms with E-state index in [9.17, 15) is 18.0 Å². The van der Waals surface area contributed by atoms with Crippen LogP contribution in [0.3, 0.4) is 0 Å². The highest BCUT2D eigenvalue weighted by Gasteiger charge is 2.30. The van der Waals surface area contributed by atoms with Crippen LogP contribution in [0, 0.1) is 0 Å². The van der Waals surface area contributed by atoms with Crippen molar-refractivity contribution in [2.45, 2.75) is 71.0 Å². The summed E-state index contributed by atoms with van der Waals surface area (Å²) in [7, 11) is 3.15. The van der Waals surface area contributed by atoms with Crippen LogP contribution in [0.5, 0.6) is 11.5 Å². The molecule has 2 aromatic carbocycles. The Labute approximate surface area is 201 Å². The average molecular weight is 480 g/mol. The lowest BCUT2D eigenvalue weighted by atomic mass is 10.1. The number of amides is 1. The maximum absolute atomic E-state index is 13.0. The highest BCUT2D eigenvalue weighted by Crippen LogP contribution is 2.30. The number of ether oxygens (including phenoxy) is 2. The largest absolute Gasteiger partial charge is 0.493 e. The summed E-state index contributed by atoms with van der Waals surface area (Å²) >= 11 is 0. The van der Waals surface area contributed by atoms with E-state index in [4.69, 9.17) is 9.47 Å². The summed E-state index contributed by atoms with van der Waals surface area (Å²) in [5.74, 6) is 1.27. The molecule has 188 valence electrons. The SMILES string of the molecule is CCCCCCCCC(=O)N(CCc1ccc(OC)c(OC)c1)Cc1ccc(C(F)(F)F)cc1. The van der Waals surface area contributed by atoms with Crippen molar-refractivity contribution in [2.75, 3.05) is 20.8 Å². The number of rotatable bonds is 14. The Bertz CT molecular complexity index is 882. The number of alkyl halides is 3. The molecular weight excluding hydrogens is 443 g/mol. The normalized spacial score (nSPS) is 11.4. The van der Waals surface area contributed by atoms with Crippen molar-refractivity contribution >= 4 is 5.91 Å². The molecular formula is C27H36F3NO3.